The maximum atomic E-state index is 13.1. The Morgan fingerprint density at radius 3 is 2.47 bits per heavy atom. The average Bonchev–Trinajstić information content (AvgIpc) is 3.58. The second kappa shape index (κ2) is 10.1. The van der Waals surface area contributed by atoms with Crippen molar-refractivity contribution in [3.8, 4) is 17.0 Å². The van der Waals surface area contributed by atoms with Gasteiger partial charge in [0, 0.05) is 29.6 Å². The number of hydrogen-bond donors (Lipinski definition) is 3. The molecule has 0 spiro atoms. The van der Waals surface area contributed by atoms with Gasteiger partial charge < -0.3 is 15.7 Å². The van der Waals surface area contributed by atoms with Crippen LogP contribution in [0.1, 0.15) is 56.7 Å². The van der Waals surface area contributed by atoms with Crippen LogP contribution in [0.25, 0.3) is 11.3 Å². The van der Waals surface area contributed by atoms with Crippen molar-refractivity contribution < 1.29 is 19.1 Å². The lowest BCUT2D eigenvalue weighted by atomic mass is 10.0. The summed E-state index contributed by atoms with van der Waals surface area (Å²) in [6.07, 6.45) is 3.42. The summed E-state index contributed by atoms with van der Waals surface area (Å²) in [5.41, 5.74) is 3.00. The van der Waals surface area contributed by atoms with E-state index < -0.39 is 6.03 Å². The maximum Gasteiger partial charge on any atom is 0.342 e. The molecule has 178 valence electrons. The molecule has 1 aromatic heterocycles. The monoisotopic (exact) mass is 464 g/mol. The number of phenols is 1. The molecule has 1 fully saturated rings. The molecule has 0 saturated heterocycles. The number of benzene rings is 2. The van der Waals surface area contributed by atoms with Crippen LogP contribution >= 0.6 is 0 Å². The zero-order valence-electron chi connectivity index (χ0n) is 19.3. The zero-order valence-corrected chi connectivity index (χ0v) is 19.3. The first-order valence-corrected chi connectivity index (χ1v) is 11.7. The predicted molar refractivity (Wildman–Crippen MR) is 128 cm³/mol. The molecule has 34 heavy (non-hydrogen) atoms. The van der Waals surface area contributed by atoms with Gasteiger partial charge in [-0.3, -0.25) is 4.79 Å². The van der Waals surface area contributed by atoms with E-state index in [1.165, 1.54) is 22.9 Å². The Hall–Kier alpha value is -3.68. The first kappa shape index (κ1) is 23.5. The van der Waals surface area contributed by atoms with E-state index in [0.29, 0.717) is 16.9 Å². The minimum atomic E-state index is -0.393. The number of halogens is 1. The minimum absolute atomic E-state index is 0.0132. The third kappa shape index (κ3) is 5.27. The van der Waals surface area contributed by atoms with E-state index >= 15 is 0 Å². The lowest BCUT2D eigenvalue weighted by Gasteiger charge is -2.13. The van der Waals surface area contributed by atoms with Crippen molar-refractivity contribution in [1.82, 2.24) is 15.1 Å². The van der Waals surface area contributed by atoms with Gasteiger partial charge in [-0.25, -0.2) is 9.18 Å². The predicted octanol–water partition coefficient (Wildman–Crippen LogP) is 5.40. The van der Waals surface area contributed by atoms with Crippen LogP contribution in [-0.2, 0) is 11.3 Å². The molecule has 1 aliphatic rings. The summed E-state index contributed by atoms with van der Waals surface area (Å²) in [5.74, 6) is -0.230. The summed E-state index contributed by atoms with van der Waals surface area (Å²) in [4.78, 5) is 25.4. The van der Waals surface area contributed by atoms with Gasteiger partial charge in [0.2, 0.25) is 5.91 Å². The van der Waals surface area contributed by atoms with Crippen LogP contribution in [0.15, 0.2) is 48.5 Å². The second-order valence-electron chi connectivity index (χ2n) is 8.66. The number of hydrogen-bond acceptors (Lipinski definition) is 4. The molecule has 3 N–H and O–H groups in total. The van der Waals surface area contributed by atoms with Crippen LogP contribution in [0.4, 0.5) is 14.9 Å². The number of phenolic OH excluding ortho intramolecular Hbond substituents is 1. The third-order valence-electron chi connectivity index (χ3n) is 6.18. The number of nitrogens with zero attached hydrogens (tertiary/aromatic N) is 2. The lowest BCUT2D eigenvalue weighted by Crippen LogP contribution is -2.30. The number of aromatic nitrogens is 2. The van der Waals surface area contributed by atoms with E-state index in [2.05, 4.69) is 15.7 Å². The van der Waals surface area contributed by atoms with Crippen LogP contribution in [0.5, 0.6) is 5.75 Å². The van der Waals surface area contributed by atoms with Crippen LogP contribution in [0, 0.1) is 11.7 Å². The molecule has 0 aliphatic heterocycles. The van der Waals surface area contributed by atoms with Crippen molar-refractivity contribution in [1.29, 1.82) is 0 Å². The lowest BCUT2D eigenvalue weighted by molar-refractivity contribution is -0.120. The molecule has 1 heterocycles. The molecule has 0 unspecified atom stereocenters. The van der Waals surface area contributed by atoms with Crippen molar-refractivity contribution in [2.45, 2.75) is 52.0 Å². The number of rotatable bonds is 8. The number of amides is 2. The van der Waals surface area contributed by atoms with Crippen molar-refractivity contribution in [3.05, 3.63) is 65.6 Å². The standard InChI is InChI=1S/C26H29FN4O3/c1-3-17(4-2)25(33)29-20-11-12-24(32)21(13-20)22-14-23(18-7-8-18)31(30-22)26(34)28-15-16-5-9-19(27)10-6-16/h5-6,9-14,17-18,32H,3-4,7-8,15H2,1-2H3,(H,28,34)(H,29,33). The number of carbonyl (C=O) groups is 2. The first-order valence-electron chi connectivity index (χ1n) is 11.7. The van der Waals surface area contributed by atoms with E-state index in [4.69, 9.17) is 0 Å². The smallest absolute Gasteiger partial charge is 0.342 e. The number of aromatic hydroxyl groups is 1. The molecule has 3 aromatic rings. The first-order chi connectivity index (χ1) is 16.4. The molecule has 1 aliphatic carbocycles. The number of nitrogens with one attached hydrogen (secondary N) is 2. The summed E-state index contributed by atoms with van der Waals surface area (Å²) in [6, 6.07) is 12.2. The Bertz CT molecular complexity index is 1180. The van der Waals surface area contributed by atoms with E-state index in [-0.39, 0.29) is 35.9 Å². The minimum Gasteiger partial charge on any atom is -0.507 e. The zero-order chi connectivity index (χ0) is 24.2. The highest BCUT2D eigenvalue weighted by Crippen LogP contribution is 2.42. The van der Waals surface area contributed by atoms with Gasteiger partial charge in [-0.05, 0) is 67.6 Å². The number of carbonyl (C=O) groups excluding carboxylic acids is 2. The quantitative estimate of drug-likeness (QED) is 0.389. The Morgan fingerprint density at radius 1 is 1.12 bits per heavy atom. The summed E-state index contributed by atoms with van der Waals surface area (Å²) in [5, 5.41) is 20.7. The second-order valence-corrected chi connectivity index (χ2v) is 8.66. The van der Waals surface area contributed by atoms with Gasteiger partial charge in [0.15, 0.2) is 0 Å². The van der Waals surface area contributed by atoms with Crippen molar-refractivity contribution in [2.24, 2.45) is 5.92 Å². The van der Waals surface area contributed by atoms with Gasteiger partial charge in [-0.15, -0.1) is 0 Å². The van der Waals surface area contributed by atoms with Gasteiger partial charge in [0.1, 0.15) is 11.6 Å². The Balaban J connectivity index is 1.56. The Labute approximate surface area is 198 Å². The number of anilines is 1. The van der Waals surface area contributed by atoms with E-state index in [1.54, 1.807) is 24.3 Å². The van der Waals surface area contributed by atoms with E-state index in [9.17, 15) is 19.1 Å². The van der Waals surface area contributed by atoms with Crippen molar-refractivity contribution in [2.75, 3.05) is 5.32 Å². The maximum absolute atomic E-state index is 13.1. The molecule has 2 amide bonds. The largest absolute Gasteiger partial charge is 0.507 e. The average molecular weight is 465 g/mol. The summed E-state index contributed by atoms with van der Waals surface area (Å²) >= 11 is 0. The van der Waals surface area contributed by atoms with Crippen molar-refractivity contribution in [3.63, 3.8) is 0 Å². The van der Waals surface area contributed by atoms with E-state index in [1.807, 2.05) is 19.9 Å². The fourth-order valence-electron chi connectivity index (χ4n) is 3.94. The molecule has 4 rings (SSSR count). The van der Waals surface area contributed by atoms with Gasteiger partial charge in [0.25, 0.3) is 0 Å². The summed E-state index contributed by atoms with van der Waals surface area (Å²) < 4.78 is 14.5. The fourth-order valence-corrected chi connectivity index (χ4v) is 3.94. The Kier molecular flexibility index (Phi) is 6.95. The molecule has 1 saturated carbocycles. The molecule has 0 atom stereocenters. The van der Waals surface area contributed by atoms with Crippen LogP contribution in [0.3, 0.4) is 0 Å². The normalized spacial score (nSPS) is 13.2. The molecule has 7 nitrogen and oxygen atoms in total. The van der Waals surface area contributed by atoms with Crippen LogP contribution in [0.2, 0.25) is 0 Å². The SMILES string of the molecule is CCC(CC)C(=O)Nc1ccc(O)c(-c2cc(C3CC3)n(C(=O)NCc3ccc(F)cc3)n2)c1. The van der Waals surface area contributed by atoms with Crippen LogP contribution in [-0.4, -0.2) is 26.8 Å². The highest BCUT2D eigenvalue weighted by molar-refractivity contribution is 5.93. The van der Waals surface area contributed by atoms with Crippen LogP contribution < -0.4 is 10.6 Å². The van der Waals surface area contributed by atoms with Gasteiger partial charge in [-0.2, -0.15) is 9.78 Å². The van der Waals surface area contributed by atoms with E-state index in [0.717, 1.165) is 36.9 Å². The molecule has 2 aromatic carbocycles. The van der Waals surface area contributed by atoms with Gasteiger partial charge in [-0.1, -0.05) is 26.0 Å². The van der Waals surface area contributed by atoms with Crippen molar-refractivity contribution >= 4 is 17.6 Å². The molecule has 0 radical (unpaired) electrons. The summed E-state index contributed by atoms with van der Waals surface area (Å²) in [7, 11) is 0. The highest BCUT2D eigenvalue weighted by atomic mass is 19.1. The Morgan fingerprint density at radius 2 is 1.82 bits per heavy atom. The third-order valence-corrected chi connectivity index (χ3v) is 6.18. The van der Waals surface area contributed by atoms with Gasteiger partial charge >= 0.3 is 6.03 Å². The van der Waals surface area contributed by atoms with Gasteiger partial charge in [0.05, 0.1) is 11.4 Å². The fraction of sp³-hybridized carbons (Fsp3) is 0.346. The molecular formula is C26H29FN4O3. The molecule has 0 bridgehead atoms. The summed E-state index contributed by atoms with van der Waals surface area (Å²) in [6.45, 7) is 4.19. The molecule has 8 heteroatoms. The highest BCUT2D eigenvalue weighted by Gasteiger charge is 2.31. The topological polar surface area (TPSA) is 96.2 Å². The molecular weight excluding hydrogens is 435 g/mol.